The molecule has 0 aromatic carbocycles. The molecule has 2 aromatic rings. The van der Waals surface area contributed by atoms with Crippen LogP contribution in [0.3, 0.4) is 0 Å². The minimum atomic E-state index is 0.698. The van der Waals surface area contributed by atoms with Crippen LogP contribution in [0, 0.1) is 0 Å². The zero-order chi connectivity index (χ0) is 10.1. The second kappa shape index (κ2) is 4.26. The van der Waals surface area contributed by atoms with Gasteiger partial charge in [0.25, 0.3) is 0 Å². The van der Waals surface area contributed by atoms with Gasteiger partial charge in [-0.15, -0.1) is 0 Å². The van der Waals surface area contributed by atoms with Gasteiger partial charge < -0.3 is 0 Å². The fraction of sp³-hybridized carbons (Fsp3) is 0.143. The average Bonchev–Trinajstić information content (AvgIpc) is 2.17. The van der Waals surface area contributed by atoms with Gasteiger partial charge in [0.05, 0.1) is 0 Å². The first-order valence-electron chi connectivity index (χ1n) is 3.81. The summed E-state index contributed by atoms with van der Waals surface area (Å²) in [6, 6.07) is 0. The van der Waals surface area contributed by atoms with Crippen molar-refractivity contribution in [3.05, 3.63) is 11.9 Å². The fourth-order valence-electron chi connectivity index (χ4n) is 1.05. The molecule has 14 heavy (non-hydrogen) atoms. The Morgan fingerprint density at radius 2 is 2.00 bits per heavy atom. The van der Waals surface area contributed by atoms with E-state index in [4.69, 9.17) is 0 Å². The number of nitrogens with zero attached hydrogens (tertiary/aromatic N) is 4. The van der Waals surface area contributed by atoms with Crippen LogP contribution in [-0.4, -0.2) is 53.6 Å². The van der Waals surface area contributed by atoms with Gasteiger partial charge in [-0.2, -0.15) is 0 Å². The van der Waals surface area contributed by atoms with E-state index in [1.807, 2.05) is 0 Å². The van der Waals surface area contributed by atoms with Crippen molar-refractivity contribution in [2.75, 3.05) is 0 Å². The second-order valence-corrected chi connectivity index (χ2v) is 5.43. The quantitative estimate of drug-likeness (QED) is 0.420. The Kier molecular flexibility index (Phi) is 3.20. The number of rotatable bonds is 1. The normalized spacial score (nSPS) is 10.8. The summed E-state index contributed by atoms with van der Waals surface area (Å²) in [4.78, 5) is 17.2. The van der Waals surface area contributed by atoms with Crippen LogP contribution in [0.2, 0.25) is 0 Å². The zero-order valence-electron chi connectivity index (χ0n) is 7.11. The molecular weight excluding hydrogens is 370 g/mol. The van der Waals surface area contributed by atoms with Gasteiger partial charge in [-0.05, 0) is 0 Å². The van der Waals surface area contributed by atoms with Crippen LogP contribution in [0.4, 0.5) is 0 Å². The van der Waals surface area contributed by atoms with Gasteiger partial charge in [0, 0.05) is 0 Å². The van der Waals surface area contributed by atoms with Crippen molar-refractivity contribution in [1.82, 2.24) is 19.9 Å². The Hall–Kier alpha value is 0.0169. The molecule has 0 radical (unpaired) electrons. The molecule has 0 saturated heterocycles. The van der Waals surface area contributed by atoms with E-state index in [1.54, 1.807) is 6.20 Å². The van der Waals surface area contributed by atoms with Crippen LogP contribution in [0.5, 0.6) is 0 Å². The maximum atomic E-state index is 4.42. The van der Waals surface area contributed by atoms with Crippen LogP contribution in [0.15, 0.2) is 6.20 Å². The third kappa shape index (κ3) is 2.00. The van der Waals surface area contributed by atoms with Crippen LogP contribution >= 0.6 is 15.9 Å². The van der Waals surface area contributed by atoms with Gasteiger partial charge >= 0.3 is 107 Å². The number of alkyl halides is 1. The molecule has 0 amide bonds. The number of hydrogen-bond acceptors (Lipinski definition) is 4. The molecule has 0 spiro atoms. The number of hydrogen-bond donors (Lipinski definition) is 0. The summed E-state index contributed by atoms with van der Waals surface area (Å²) < 4.78 is 1.77. The predicted molar refractivity (Wildman–Crippen MR) is 64.1 cm³/mol. The number of halogens is 1. The predicted octanol–water partition coefficient (Wildman–Crippen LogP) is -2.17. The molecule has 2 heterocycles. The van der Waals surface area contributed by atoms with Crippen molar-refractivity contribution in [2.24, 2.45) is 0 Å². The summed E-state index contributed by atoms with van der Waals surface area (Å²) in [6.45, 7) is 0. The number of fused-ring (bicyclic) bond motifs is 1. The molecule has 0 aliphatic carbocycles. The van der Waals surface area contributed by atoms with Gasteiger partial charge in [-0.25, -0.2) is 0 Å². The van der Waals surface area contributed by atoms with E-state index < -0.39 is 0 Å². The minimum absolute atomic E-state index is 0.698. The summed E-state index contributed by atoms with van der Waals surface area (Å²) in [5.74, 6) is 0. The number of aromatic nitrogens is 4. The summed E-state index contributed by atoms with van der Waals surface area (Å²) in [5.41, 5.74) is 2.43. The molecule has 2 rings (SSSR count). The first kappa shape index (κ1) is 10.5. The summed E-state index contributed by atoms with van der Waals surface area (Å²) >= 11 is 6.21. The van der Waals surface area contributed by atoms with Crippen molar-refractivity contribution >= 4 is 69.9 Å². The molecule has 0 saturated carbocycles. The topological polar surface area (TPSA) is 51.6 Å². The molecule has 0 aliphatic rings. The standard InChI is InChI=1S/C7H7As2BrN4/c8-5-4-6(14-7(9)13-5)11-2-3(1-10)12-4/h2H,1,8-9H2. The summed E-state index contributed by atoms with van der Waals surface area (Å²) in [7, 11) is 0. The SMILES string of the molecule is [AsH2]c1nc([AsH2])c2nc(CBr)cnc2n1. The van der Waals surface area contributed by atoms with Gasteiger partial charge in [0.2, 0.25) is 0 Å². The Morgan fingerprint density at radius 3 is 2.71 bits per heavy atom. The van der Waals surface area contributed by atoms with E-state index in [-0.39, 0.29) is 0 Å². The second-order valence-electron chi connectivity index (χ2n) is 2.63. The summed E-state index contributed by atoms with van der Waals surface area (Å²) in [6.07, 6.45) is 1.74. The van der Waals surface area contributed by atoms with Gasteiger partial charge in [0.15, 0.2) is 0 Å². The van der Waals surface area contributed by atoms with Gasteiger partial charge in [0.1, 0.15) is 0 Å². The Labute approximate surface area is 106 Å². The first-order chi connectivity index (χ1) is 6.70. The van der Waals surface area contributed by atoms with Crippen molar-refractivity contribution in [3.63, 3.8) is 0 Å². The van der Waals surface area contributed by atoms with E-state index in [0.717, 1.165) is 20.3 Å². The molecule has 2 aromatic heterocycles. The Morgan fingerprint density at radius 1 is 1.21 bits per heavy atom. The van der Waals surface area contributed by atoms with E-state index in [1.165, 1.54) is 33.7 Å². The van der Waals surface area contributed by atoms with Crippen LogP contribution < -0.4 is 9.09 Å². The molecule has 0 fully saturated rings. The van der Waals surface area contributed by atoms with Crippen LogP contribution in [0.25, 0.3) is 11.2 Å². The molecule has 7 heteroatoms. The molecule has 2 atom stereocenters. The van der Waals surface area contributed by atoms with Crippen LogP contribution in [0.1, 0.15) is 5.69 Å². The molecule has 0 aliphatic heterocycles. The molecule has 0 N–H and O–H groups in total. The fourth-order valence-corrected chi connectivity index (χ4v) is 3.21. The van der Waals surface area contributed by atoms with E-state index in [2.05, 4.69) is 35.9 Å². The third-order valence-electron chi connectivity index (χ3n) is 1.64. The van der Waals surface area contributed by atoms with E-state index in [0.29, 0.717) is 11.0 Å². The van der Waals surface area contributed by atoms with Crippen molar-refractivity contribution in [2.45, 2.75) is 5.33 Å². The first-order valence-corrected chi connectivity index (χ1v) is 7.35. The summed E-state index contributed by atoms with van der Waals surface area (Å²) in [5, 5.41) is 0.709. The Balaban J connectivity index is 2.75. The molecule has 72 valence electrons. The average molecular weight is 377 g/mol. The van der Waals surface area contributed by atoms with Crippen molar-refractivity contribution < 1.29 is 0 Å². The molecule has 0 bridgehead atoms. The molecule has 4 nitrogen and oxygen atoms in total. The van der Waals surface area contributed by atoms with E-state index >= 15 is 0 Å². The van der Waals surface area contributed by atoms with Crippen molar-refractivity contribution in [1.29, 1.82) is 0 Å². The van der Waals surface area contributed by atoms with Crippen LogP contribution in [-0.2, 0) is 5.33 Å². The van der Waals surface area contributed by atoms with E-state index in [9.17, 15) is 0 Å². The zero-order valence-corrected chi connectivity index (χ0v) is 13.5. The van der Waals surface area contributed by atoms with Gasteiger partial charge in [-0.1, -0.05) is 0 Å². The maximum absolute atomic E-state index is 4.42. The third-order valence-corrected chi connectivity index (χ3v) is 3.60. The molecule has 2 unspecified atom stereocenters. The monoisotopic (exact) mass is 376 g/mol. The Bertz CT molecular complexity index is 490. The molecular formula is C7H7As2BrN4. The van der Waals surface area contributed by atoms with Crippen molar-refractivity contribution in [3.8, 4) is 0 Å². The van der Waals surface area contributed by atoms with Gasteiger partial charge in [-0.3, -0.25) is 0 Å².